The van der Waals surface area contributed by atoms with Crippen LogP contribution in [-0.2, 0) is 10.4 Å². The summed E-state index contributed by atoms with van der Waals surface area (Å²) in [6.45, 7) is 3.00. The number of hydrogen-bond acceptors (Lipinski definition) is 6. The third-order valence-electron chi connectivity index (χ3n) is 8.06. The Hall–Kier alpha value is -3.05. The van der Waals surface area contributed by atoms with Gasteiger partial charge in [0.2, 0.25) is 0 Å². The van der Waals surface area contributed by atoms with E-state index in [2.05, 4.69) is 9.88 Å². The van der Waals surface area contributed by atoms with E-state index in [0.717, 1.165) is 75.3 Å². The average Bonchev–Trinajstić information content (AvgIpc) is 3.51. The molecule has 2 aromatic rings. The van der Waals surface area contributed by atoms with Crippen molar-refractivity contribution in [1.29, 1.82) is 0 Å². The third kappa shape index (κ3) is 6.72. The number of alkyl halides is 3. The van der Waals surface area contributed by atoms with Crippen molar-refractivity contribution in [2.24, 2.45) is 5.92 Å². The summed E-state index contributed by atoms with van der Waals surface area (Å²) >= 11 is 6.38. The van der Waals surface area contributed by atoms with E-state index in [1.165, 1.54) is 26.3 Å². The zero-order chi connectivity index (χ0) is 29.8. The summed E-state index contributed by atoms with van der Waals surface area (Å²) in [7, 11) is 2.57. The number of aromatic nitrogens is 1. The Morgan fingerprint density at radius 1 is 1.12 bits per heavy atom. The first-order chi connectivity index (χ1) is 19.5. The van der Waals surface area contributed by atoms with Crippen LogP contribution >= 0.6 is 11.6 Å². The van der Waals surface area contributed by atoms with Gasteiger partial charge in [-0.2, -0.15) is 13.2 Å². The van der Waals surface area contributed by atoms with Crippen LogP contribution < -0.4 is 9.64 Å². The van der Waals surface area contributed by atoms with Crippen LogP contribution in [0.3, 0.4) is 0 Å². The molecule has 3 heterocycles. The lowest BCUT2D eigenvalue weighted by Gasteiger charge is -2.34. The summed E-state index contributed by atoms with van der Waals surface area (Å²) in [5.41, 5.74) is -3.85. The second kappa shape index (κ2) is 12.9. The van der Waals surface area contributed by atoms with Crippen LogP contribution in [0.5, 0.6) is 5.75 Å². The number of amides is 2. The van der Waals surface area contributed by atoms with Gasteiger partial charge in [0, 0.05) is 45.3 Å². The van der Waals surface area contributed by atoms with Gasteiger partial charge in [-0.15, -0.1) is 0 Å². The molecule has 2 aliphatic rings. The summed E-state index contributed by atoms with van der Waals surface area (Å²) in [5, 5.41) is 10.9. The van der Waals surface area contributed by atoms with Crippen molar-refractivity contribution in [2.45, 2.75) is 50.3 Å². The number of halogens is 4. The first kappa shape index (κ1) is 30.9. The van der Waals surface area contributed by atoms with Gasteiger partial charge in [0.05, 0.1) is 12.7 Å². The van der Waals surface area contributed by atoms with Crippen LogP contribution in [0, 0.1) is 5.92 Å². The number of likely N-dealkylation sites (tertiary alicyclic amines) is 1. The topological polar surface area (TPSA) is 86.2 Å². The van der Waals surface area contributed by atoms with Crippen molar-refractivity contribution in [3.05, 3.63) is 52.7 Å². The van der Waals surface area contributed by atoms with Crippen LogP contribution in [0.2, 0.25) is 5.15 Å². The maximum atomic E-state index is 14.0. The van der Waals surface area contributed by atoms with E-state index >= 15 is 0 Å². The molecule has 1 atom stereocenters. The van der Waals surface area contributed by atoms with Crippen molar-refractivity contribution in [1.82, 2.24) is 14.8 Å². The van der Waals surface area contributed by atoms with Gasteiger partial charge in [-0.3, -0.25) is 9.59 Å². The van der Waals surface area contributed by atoms with Gasteiger partial charge in [-0.05, 0) is 68.7 Å². The molecule has 0 bridgehead atoms. The largest absolute Gasteiger partial charge is 0.497 e. The van der Waals surface area contributed by atoms with Crippen LogP contribution in [-0.4, -0.2) is 84.8 Å². The fourth-order valence-corrected chi connectivity index (χ4v) is 5.78. The molecule has 12 heteroatoms. The van der Waals surface area contributed by atoms with Crippen molar-refractivity contribution < 1.29 is 32.6 Å². The highest BCUT2D eigenvalue weighted by Gasteiger charge is 2.61. The summed E-state index contributed by atoms with van der Waals surface area (Å²) in [6.07, 6.45) is -0.300. The van der Waals surface area contributed by atoms with Crippen LogP contribution in [0.15, 0.2) is 36.4 Å². The number of carbonyl (C=O) groups excluding carboxylic acids is 2. The highest BCUT2D eigenvalue weighted by Crippen LogP contribution is 2.41. The normalized spacial score (nSPS) is 17.8. The number of likely N-dealkylation sites (N-methyl/N-ethyl adjacent to an activating group) is 1. The van der Waals surface area contributed by atoms with Crippen LogP contribution in [0.4, 0.5) is 19.0 Å². The predicted octanol–water partition coefficient (Wildman–Crippen LogP) is 4.88. The maximum absolute atomic E-state index is 14.0. The number of benzene rings is 1. The van der Waals surface area contributed by atoms with Gasteiger partial charge < -0.3 is 24.5 Å². The molecule has 0 saturated carbocycles. The zero-order valence-corrected chi connectivity index (χ0v) is 24.0. The second-order valence-corrected chi connectivity index (χ2v) is 11.1. The van der Waals surface area contributed by atoms with Gasteiger partial charge in [-0.1, -0.05) is 23.7 Å². The summed E-state index contributed by atoms with van der Waals surface area (Å²) in [6, 6.07) is 8.38. The average molecular weight is 597 g/mol. The molecule has 0 radical (unpaired) electrons. The number of anilines is 1. The van der Waals surface area contributed by atoms with Gasteiger partial charge in [0.25, 0.3) is 17.4 Å². The molecule has 2 amide bonds. The highest BCUT2D eigenvalue weighted by atomic mass is 35.5. The number of carbonyl (C=O) groups is 2. The van der Waals surface area contributed by atoms with Gasteiger partial charge in [-0.25, -0.2) is 4.98 Å². The Morgan fingerprint density at radius 2 is 1.80 bits per heavy atom. The molecule has 1 aromatic carbocycles. The number of rotatable bonds is 9. The minimum atomic E-state index is -5.21. The lowest BCUT2D eigenvalue weighted by Crippen LogP contribution is -2.55. The molecule has 1 aromatic heterocycles. The summed E-state index contributed by atoms with van der Waals surface area (Å²) < 4.78 is 47.0. The zero-order valence-electron chi connectivity index (χ0n) is 23.3. The van der Waals surface area contributed by atoms with E-state index in [9.17, 15) is 27.9 Å². The van der Waals surface area contributed by atoms with Crippen LogP contribution in [0.1, 0.15) is 54.4 Å². The van der Waals surface area contributed by atoms with Crippen molar-refractivity contribution in [3.63, 3.8) is 0 Å². The minimum absolute atomic E-state index is 0.0745. The lowest BCUT2D eigenvalue weighted by molar-refractivity contribution is -0.261. The summed E-state index contributed by atoms with van der Waals surface area (Å²) in [4.78, 5) is 34.9. The number of aliphatic hydroxyl groups is 1. The monoisotopic (exact) mass is 596 g/mol. The number of hydrogen-bond donors (Lipinski definition) is 1. The highest BCUT2D eigenvalue weighted by molar-refractivity contribution is 6.32. The lowest BCUT2D eigenvalue weighted by atomic mass is 9.90. The Kier molecular flexibility index (Phi) is 9.69. The molecule has 0 aliphatic carbocycles. The molecule has 0 spiro atoms. The van der Waals surface area contributed by atoms with Gasteiger partial charge in [0.15, 0.2) is 0 Å². The first-order valence-electron chi connectivity index (χ1n) is 13.9. The van der Waals surface area contributed by atoms with E-state index in [-0.39, 0.29) is 23.4 Å². The van der Waals surface area contributed by atoms with E-state index in [1.807, 2.05) is 6.07 Å². The second-order valence-electron chi connectivity index (χ2n) is 10.7. The molecule has 2 fully saturated rings. The molecule has 224 valence electrons. The number of ether oxygens (including phenoxy) is 1. The standard InChI is InChI=1S/C29H36ClF3N4O4/c1-35(27(39)28(40,29(31,32)33)21-8-5-9-22(19-21)41-2)14-6-7-20-12-17-36(18-13-20)24-11-10-23(25(30)34-24)26(38)37-15-3-4-16-37/h5,8-11,19-20,40H,3-4,6-7,12-18H2,1-2H3. The third-order valence-corrected chi connectivity index (χ3v) is 8.34. The van der Waals surface area contributed by atoms with Crippen molar-refractivity contribution in [2.75, 3.05) is 51.8 Å². The van der Waals surface area contributed by atoms with E-state index in [4.69, 9.17) is 16.3 Å². The Balaban J connectivity index is 1.29. The van der Waals surface area contributed by atoms with Crippen molar-refractivity contribution >= 4 is 29.2 Å². The smallest absolute Gasteiger partial charge is 0.430 e. The first-order valence-corrected chi connectivity index (χ1v) is 14.2. The van der Waals surface area contributed by atoms with E-state index in [0.29, 0.717) is 23.7 Å². The number of pyridine rings is 1. The number of nitrogens with zero attached hydrogens (tertiary/aromatic N) is 4. The Labute approximate surface area is 243 Å². The molecular formula is C29H36ClF3N4O4. The van der Waals surface area contributed by atoms with Gasteiger partial charge >= 0.3 is 6.18 Å². The molecule has 8 nitrogen and oxygen atoms in total. The molecule has 41 heavy (non-hydrogen) atoms. The molecule has 2 aliphatic heterocycles. The minimum Gasteiger partial charge on any atom is -0.497 e. The number of methoxy groups -OCH3 is 1. The predicted molar refractivity (Wildman–Crippen MR) is 149 cm³/mol. The molecule has 1 unspecified atom stereocenters. The van der Waals surface area contributed by atoms with E-state index in [1.54, 1.807) is 11.0 Å². The SMILES string of the molecule is COc1cccc(C(O)(C(=O)N(C)CCCC2CCN(c3ccc(C(=O)N4CCCC4)c(Cl)n3)CC2)C(F)(F)F)c1. The Bertz CT molecular complexity index is 1230. The fraction of sp³-hybridized carbons (Fsp3) is 0.552. The fourth-order valence-electron chi connectivity index (χ4n) is 5.55. The van der Waals surface area contributed by atoms with Gasteiger partial charge in [0.1, 0.15) is 16.7 Å². The maximum Gasteiger partial charge on any atom is 0.430 e. The van der Waals surface area contributed by atoms with Crippen molar-refractivity contribution in [3.8, 4) is 5.75 Å². The summed E-state index contributed by atoms with van der Waals surface area (Å²) in [5.74, 6) is -0.369. The number of piperidine rings is 1. The molecule has 4 rings (SSSR count). The molecule has 1 N–H and O–H groups in total. The Morgan fingerprint density at radius 3 is 2.41 bits per heavy atom. The molecule has 2 saturated heterocycles. The quantitative estimate of drug-likeness (QED) is 0.415. The van der Waals surface area contributed by atoms with E-state index < -0.39 is 23.2 Å². The molecular weight excluding hydrogens is 561 g/mol. The van der Waals surface area contributed by atoms with Crippen LogP contribution in [0.25, 0.3) is 0 Å².